The van der Waals surface area contributed by atoms with Crippen LogP contribution in [0.5, 0.6) is 0 Å². The topological polar surface area (TPSA) is 49.0 Å². The van der Waals surface area contributed by atoms with Gasteiger partial charge in [-0.25, -0.2) is 0 Å². The monoisotopic (exact) mass is 249 g/mol. The minimum absolute atomic E-state index is 0.00285. The Bertz CT molecular complexity index is 434. The molecule has 0 bridgehead atoms. The number of aromatic nitrogens is 2. The van der Waals surface area contributed by atoms with E-state index in [-0.39, 0.29) is 11.3 Å². The summed E-state index contributed by atoms with van der Waals surface area (Å²) in [5.74, 6) is 1.21. The van der Waals surface area contributed by atoms with Gasteiger partial charge in [0.05, 0.1) is 0 Å². The molecule has 4 heteroatoms. The first kappa shape index (κ1) is 13.1. The Morgan fingerprint density at radius 1 is 1.33 bits per heavy atom. The number of carbonyl (C=O) groups is 1. The molecule has 1 aromatic rings. The van der Waals surface area contributed by atoms with E-state index >= 15 is 0 Å². The summed E-state index contributed by atoms with van der Waals surface area (Å²) in [6.45, 7) is 12.4. The lowest BCUT2D eigenvalue weighted by atomic mass is 9.92. The van der Waals surface area contributed by atoms with Gasteiger partial charge in [0.1, 0.15) is 5.69 Å². The highest BCUT2D eigenvalue weighted by atomic mass is 16.2. The summed E-state index contributed by atoms with van der Waals surface area (Å²) < 4.78 is 0. The fourth-order valence-corrected chi connectivity index (χ4v) is 2.27. The van der Waals surface area contributed by atoms with Gasteiger partial charge in [0.2, 0.25) is 0 Å². The Hall–Kier alpha value is -1.32. The molecular formula is C14H23N3O. The maximum atomic E-state index is 12.3. The zero-order valence-electron chi connectivity index (χ0n) is 11.9. The van der Waals surface area contributed by atoms with Crippen molar-refractivity contribution >= 4 is 5.91 Å². The lowest BCUT2D eigenvalue weighted by Crippen LogP contribution is -2.29. The molecule has 1 aliphatic rings. The summed E-state index contributed by atoms with van der Waals surface area (Å²) in [6.07, 6.45) is 0. The molecule has 1 fully saturated rings. The van der Waals surface area contributed by atoms with Crippen molar-refractivity contribution in [1.29, 1.82) is 0 Å². The predicted molar refractivity (Wildman–Crippen MR) is 71.5 cm³/mol. The maximum absolute atomic E-state index is 12.3. The average molecular weight is 249 g/mol. The second-order valence-electron chi connectivity index (χ2n) is 6.58. The SMILES string of the molecule is CC1CN(C(=O)c2cc(C(C)(C)C)[nH]n2)CC1C. The third kappa shape index (κ3) is 2.42. The van der Waals surface area contributed by atoms with Crippen molar-refractivity contribution in [3.8, 4) is 0 Å². The number of nitrogens with one attached hydrogen (secondary N) is 1. The molecule has 100 valence electrons. The van der Waals surface area contributed by atoms with Gasteiger partial charge in [-0.05, 0) is 17.9 Å². The van der Waals surface area contributed by atoms with Crippen LogP contribution in [0.3, 0.4) is 0 Å². The van der Waals surface area contributed by atoms with Gasteiger partial charge < -0.3 is 4.90 Å². The Morgan fingerprint density at radius 3 is 2.33 bits per heavy atom. The number of hydrogen-bond acceptors (Lipinski definition) is 2. The van der Waals surface area contributed by atoms with Crippen molar-refractivity contribution in [2.75, 3.05) is 13.1 Å². The molecule has 1 aromatic heterocycles. The molecule has 2 heterocycles. The minimum Gasteiger partial charge on any atom is -0.337 e. The third-order valence-electron chi connectivity index (χ3n) is 3.88. The number of likely N-dealkylation sites (tertiary alicyclic amines) is 1. The number of nitrogens with zero attached hydrogens (tertiary/aromatic N) is 2. The van der Waals surface area contributed by atoms with E-state index in [1.54, 1.807) is 0 Å². The molecular weight excluding hydrogens is 226 g/mol. The summed E-state index contributed by atoms with van der Waals surface area (Å²) in [5, 5.41) is 7.14. The van der Waals surface area contributed by atoms with Gasteiger partial charge in [-0.2, -0.15) is 5.10 Å². The Morgan fingerprint density at radius 2 is 1.89 bits per heavy atom. The summed E-state index contributed by atoms with van der Waals surface area (Å²) in [6, 6.07) is 1.88. The Balaban J connectivity index is 2.13. The molecule has 2 rings (SSSR count). The molecule has 4 nitrogen and oxygen atoms in total. The maximum Gasteiger partial charge on any atom is 0.274 e. The van der Waals surface area contributed by atoms with E-state index in [0.717, 1.165) is 18.8 Å². The molecule has 2 atom stereocenters. The number of hydrogen-bond donors (Lipinski definition) is 1. The molecule has 0 aromatic carbocycles. The van der Waals surface area contributed by atoms with Crippen LogP contribution in [0, 0.1) is 11.8 Å². The Kier molecular flexibility index (Phi) is 3.21. The van der Waals surface area contributed by atoms with E-state index in [9.17, 15) is 4.79 Å². The zero-order chi connectivity index (χ0) is 13.5. The molecule has 1 N–H and O–H groups in total. The van der Waals surface area contributed by atoms with E-state index in [0.29, 0.717) is 17.5 Å². The van der Waals surface area contributed by atoms with Crippen LogP contribution in [0.2, 0.25) is 0 Å². The largest absolute Gasteiger partial charge is 0.337 e. The lowest BCUT2D eigenvalue weighted by molar-refractivity contribution is 0.0779. The van der Waals surface area contributed by atoms with E-state index in [1.807, 2.05) is 11.0 Å². The highest BCUT2D eigenvalue weighted by Crippen LogP contribution is 2.25. The molecule has 0 spiro atoms. The normalized spacial score (nSPS) is 24.6. The molecule has 2 unspecified atom stereocenters. The molecule has 18 heavy (non-hydrogen) atoms. The van der Waals surface area contributed by atoms with Crippen LogP contribution in [-0.4, -0.2) is 34.1 Å². The molecule has 0 radical (unpaired) electrons. The van der Waals surface area contributed by atoms with E-state index in [2.05, 4.69) is 44.8 Å². The van der Waals surface area contributed by atoms with E-state index in [4.69, 9.17) is 0 Å². The Labute approximate surface area is 109 Å². The minimum atomic E-state index is -0.00285. The first-order valence-corrected chi connectivity index (χ1v) is 6.64. The predicted octanol–water partition coefficient (Wildman–Crippen LogP) is 2.44. The van der Waals surface area contributed by atoms with E-state index < -0.39 is 0 Å². The highest BCUT2D eigenvalue weighted by molar-refractivity contribution is 5.92. The molecule has 1 saturated heterocycles. The summed E-state index contributed by atoms with van der Waals surface area (Å²) >= 11 is 0. The van der Waals surface area contributed by atoms with Crippen LogP contribution >= 0.6 is 0 Å². The summed E-state index contributed by atoms with van der Waals surface area (Å²) in [5.41, 5.74) is 1.55. The number of H-pyrrole nitrogens is 1. The number of aromatic amines is 1. The number of amides is 1. The van der Waals surface area contributed by atoms with Crippen LogP contribution in [0.15, 0.2) is 6.07 Å². The van der Waals surface area contributed by atoms with Crippen LogP contribution in [0.1, 0.15) is 50.8 Å². The van der Waals surface area contributed by atoms with Crippen LogP contribution in [-0.2, 0) is 5.41 Å². The van der Waals surface area contributed by atoms with Gasteiger partial charge in [0, 0.05) is 24.2 Å². The van der Waals surface area contributed by atoms with Gasteiger partial charge in [0.15, 0.2) is 0 Å². The quantitative estimate of drug-likeness (QED) is 0.831. The molecule has 0 saturated carbocycles. The van der Waals surface area contributed by atoms with Gasteiger partial charge in [-0.3, -0.25) is 9.89 Å². The zero-order valence-corrected chi connectivity index (χ0v) is 11.9. The standard InChI is InChI=1S/C14H23N3O/c1-9-7-17(8-10(9)2)13(18)11-6-12(16-15-11)14(3,4)5/h6,9-10H,7-8H2,1-5H3,(H,15,16). The third-order valence-corrected chi connectivity index (χ3v) is 3.88. The second-order valence-corrected chi connectivity index (χ2v) is 6.58. The first-order chi connectivity index (χ1) is 8.29. The molecule has 1 aliphatic heterocycles. The fraction of sp³-hybridized carbons (Fsp3) is 0.714. The van der Waals surface area contributed by atoms with Crippen molar-refractivity contribution in [3.63, 3.8) is 0 Å². The molecule has 0 aliphatic carbocycles. The lowest BCUT2D eigenvalue weighted by Gasteiger charge is -2.15. The van der Waals surface area contributed by atoms with Gasteiger partial charge in [0.25, 0.3) is 5.91 Å². The van der Waals surface area contributed by atoms with Gasteiger partial charge in [-0.15, -0.1) is 0 Å². The van der Waals surface area contributed by atoms with Crippen LogP contribution in [0.4, 0.5) is 0 Å². The van der Waals surface area contributed by atoms with E-state index in [1.165, 1.54) is 0 Å². The van der Waals surface area contributed by atoms with Crippen molar-refractivity contribution in [2.24, 2.45) is 11.8 Å². The number of carbonyl (C=O) groups excluding carboxylic acids is 1. The van der Waals surface area contributed by atoms with Gasteiger partial charge >= 0.3 is 0 Å². The van der Waals surface area contributed by atoms with Crippen molar-refractivity contribution in [3.05, 3.63) is 17.5 Å². The first-order valence-electron chi connectivity index (χ1n) is 6.64. The van der Waals surface area contributed by atoms with Gasteiger partial charge in [-0.1, -0.05) is 34.6 Å². The van der Waals surface area contributed by atoms with Crippen molar-refractivity contribution in [2.45, 2.75) is 40.0 Å². The van der Waals surface area contributed by atoms with Crippen LogP contribution < -0.4 is 0 Å². The number of rotatable bonds is 1. The smallest absolute Gasteiger partial charge is 0.274 e. The van der Waals surface area contributed by atoms with Crippen LogP contribution in [0.25, 0.3) is 0 Å². The fourth-order valence-electron chi connectivity index (χ4n) is 2.27. The summed E-state index contributed by atoms with van der Waals surface area (Å²) in [7, 11) is 0. The van der Waals surface area contributed by atoms with Crippen molar-refractivity contribution < 1.29 is 4.79 Å². The molecule has 1 amide bonds. The summed E-state index contributed by atoms with van der Waals surface area (Å²) in [4.78, 5) is 14.2. The second kappa shape index (κ2) is 4.41. The highest BCUT2D eigenvalue weighted by Gasteiger charge is 2.31. The van der Waals surface area contributed by atoms with Crippen molar-refractivity contribution in [1.82, 2.24) is 15.1 Å². The average Bonchev–Trinajstić information content (AvgIpc) is 2.85.